The molecule has 0 aliphatic rings. The average molecular weight is 337 g/mol. The minimum absolute atomic E-state index is 0.105. The highest BCUT2D eigenvalue weighted by molar-refractivity contribution is 6.01. The number of rotatable bonds is 6. The van der Waals surface area contributed by atoms with Gasteiger partial charge in [-0.2, -0.15) is 5.10 Å². The number of carbonyl (C=O) groups excluding carboxylic acids is 2. The summed E-state index contributed by atoms with van der Waals surface area (Å²) in [4.78, 5) is 26.5. The van der Waals surface area contributed by atoms with Crippen LogP contribution in [-0.2, 0) is 16.1 Å². The first kappa shape index (κ1) is 16.7. The van der Waals surface area contributed by atoms with Crippen molar-refractivity contribution >= 4 is 17.4 Å². The van der Waals surface area contributed by atoms with Crippen molar-refractivity contribution in [2.24, 2.45) is 0 Å². The molecule has 0 radical (unpaired) electrons. The molecule has 3 aromatic rings. The number of hydrogen-bond donors (Lipinski definition) is 0. The van der Waals surface area contributed by atoms with Crippen molar-refractivity contribution in [3.8, 4) is 0 Å². The number of ether oxygens (including phenoxy) is 1. The van der Waals surface area contributed by atoms with Crippen molar-refractivity contribution < 1.29 is 14.3 Å². The van der Waals surface area contributed by atoms with Crippen LogP contribution in [-0.4, -0.2) is 39.5 Å². The monoisotopic (exact) mass is 337 g/mol. The quantitative estimate of drug-likeness (QED) is 0.649. The Morgan fingerprint density at radius 3 is 2.64 bits per heavy atom. The molecule has 1 aromatic carbocycles. The van der Waals surface area contributed by atoms with E-state index in [1.165, 1.54) is 11.1 Å². The molecule has 0 atom stereocenters. The average Bonchev–Trinajstić information content (AvgIpc) is 3.06. The molecule has 128 valence electrons. The number of carbonyl (C=O) groups is 2. The molecule has 1 amide bonds. The van der Waals surface area contributed by atoms with Crippen LogP contribution in [0.15, 0.2) is 60.9 Å². The Morgan fingerprint density at radius 2 is 1.88 bits per heavy atom. The van der Waals surface area contributed by atoms with Gasteiger partial charge < -0.3 is 9.64 Å². The van der Waals surface area contributed by atoms with Crippen molar-refractivity contribution in [1.82, 2.24) is 14.5 Å². The maximum absolute atomic E-state index is 13.0. The van der Waals surface area contributed by atoms with Gasteiger partial charge in [0.25, 0.3) is 5.91 Å². The minimum atomic E-state index is -0.428. The van der Waals surface area contributed by atoms with E-state index in [-0.39, 0.29) is 19.1 Å². The van der Waals surface area contributed by atoms with E-state index in [2.05, 4.69) is 5.10 Å². The lowest BCUT2D eigenvalue weighted by atomic mass is 10.2. The molecule has 0 unspecified atom stereocenters. The van der Waals surface area contributed by atoms with Crippen LogP contribution in [0.1, 0.15) is 22.8 Å². The Balaban J connectivity index is 1.89. The summed E-state index contributed by atoms with van der Waals surface area (Å²) in [7, 11) is 0. The van der Waals surface area contributed by atoms with E-state index >= 15 is 0 Å². The van der Waals surface area contributed by atoms with Gasteiger partial charge in [0.15, 0.2) is 0 Å². The second-order valence-electron chi connectivity index (χ2n) is 5.54. The van der Waals surface area contributed by atoms with E-state index in [1.807, 2.05) is 48.5 Å². The van der Waals surface area contributed by atoms with Crippen LogP contribution < -0.4 is 0 Å². The van der Waals surface area contributed by atoms with E-state index in [1.54, 1.807) is 17.6 Å². The first-order valence-electron chi connectivity index (χ1n) is 8.10. The molecular formula is C19H19N3O3. The van der Waals surface area contributed by atoms with Crippen LogP contribution in [0, 0.1) is 0 Å². The van der Waals surface area contributed by atoms with Crippen LogP contribution in [0.25, 0.3) is 5.52 Å². The summed E-state index contributed by atoms with van der Waals surface area (Å²) in [5, 5.41) is 4.20. The number of fused-ring (bicyclic) bond motifs is 1. The Bertz CT molecular complexity index is 874. The highest BCUT2D eigenvalue weighted by Crippen LogP contribution is 2.15. The zero-order valence-electron chi connectivity index (χ0n) is 14.0. The predicted molar refractivity (Wildman–Crippen MR) is 93.0 cm³/mol. The number of esters is 1. The maximum Gasteiger partial charge on any atom is 0.325 e. The Labute approximate surface area is 145 Å². The lowest BCUT2D eigenvalue weighted by Gasteiger charge is -2.21. The topological polar surface area (TPSA) is 63.9 Å². The zero-order valence-corrected chi connectivity index (χ0v) is 14.0. The number of nitrogens with zero attached hydrogens (tertiary/aromatic N) is 3. The summed E-state index contributed by atoms with van der Waals surface area (Å²) >= 11 is 0. The van der Waals surface area contributed by atoms with Gasteiger partial charge in [0.05, 0.1) is 23.9 Å². The van der Waals surface area contributed by atoms with E-state index in [9.17, 15) is 9.59 Å². The van der Waals surface area contributed by atoms with Crippen molar-refractivity contribution in [3.05, 3.63) is 72.1 Å². The third-order valence-corrected chi connectivity index (χ3v) is 3.79. The number of amides is 1. The van der Waals surface area contributed by atoms with Crippen LogP contribution in [0.2, 0.25) is 0 Å². The molecule has 0 aliphatic carbocycles. The Hall–Kier alpha value is -3.15. The standard InChI is InChI=1S/C19H19N3O3/c1-2-25-18(23)14-21(13-15-8-4-3-5-9-15)19(24)16-12-20-22-11-7-6-10-17(16)22/h3-12H,2,13-14H2,1H3. The van der Waals surface area contributed by atoms with Crippen LogP contribution in [0.5, 0.6) is 0 Å². The molecule has 0 spiro atoms. The minimum Gasteiger partial charge on any atom is -0.465 e. The second-order valence-corrected chi connectivity index (χ2v) is 5.54. The first-order chi connectivity index (χ1) is 12.2. The molecule has 25 heavy (non-hydrogen) atoms. The van der Waals surface area contributed by atoms with Gasteiger partial charge in [0.1, 0.15) is 6.54 Å². The maximum atomic E-state index is 13.0. The van der Waals surface area contributed by atoms with E-state index in [0.717, 1.165) is 5.56 Å². The Morgan fingerprint density at radius 1 is 1.12 bits per heavy atom. The van der Waals surface area contributed by atoms with Gasteiger partial charge in [0.2, 0.25) is 0 Å². The molecular weight excluding hydrogens is 318 g/mol. The number of aromatic nitrogens is 2. The van der Waals surface area contributed by atoms with Gasteiger partial charge in [-0.3, -0.25) is 9.59 Å². The van der Waals surface area contributed by atoms with Gasteiger partial charge in [-0.1, -0.05) is 36.4 Å². The molecule has 0 aliphatic heterocycles. The summed E-state index contributed by atoms with van der Waals surface area (Å²) in [6.07, 6.45) is 3.31. The van der Waals surface area contributed by atoms with Crippen LogP contribution in [0.3, 0.4) is 0 Å². The molecule has 6 heteroatoms. The summed E-state index contributed by atoms with van der Waals surface area (Å²) < 4.78 is 6.65. The fourth-order valence-corrected chi connectivity index (χ4v) is 2.64. The summed E-state index contributed by atoms with van der Waals surface area (Å²) in [5.74, 6) is -0.679. The van der Waals surface area contributed by atoms with Gasteiger partial charge >= 0.3 is 5.97 Å². The molecule has 3 rings (SSSR count). The number of hydrogen-bond acceptors (Lipinski definition) is 4. The van der Waals surface area contributed by atoms with E-state index in [4.69, 9.17) is 4.74 Å². The summed E-state index contributed by atoms with van der Waals surface area (Å²) in [6.45, 7) is 2.24. The molecule has 0 saturated heterocycles. The van der Waals surface area contributed by atoms with Gasteiger partial charge in [-0.05, 0) is 24.6 Å². The zero-order chi connectivity index (χ0) is 17.6. The van der Waals surface area contributed by atoms with Crippen LogP contribution in [0.4, 0.5) is 0 Å². The largest absolute Gasteiger partial charge is 0.465 e. The molecule has 2 heterocycles. The summed E-state index contributed by atoms with van der Waals surface area (Å²) in [6, 6.07) is 15.1. The van der Waals surface area contributed by atoms with Crippen LogP contribution >= 0.6 is 0 Å². The fourth-order valence-electron chi connectivity index (χ4n) is 2.64. The first-order valence-corrected chi connectivity index (χ1v) is 8.10. The highest BCUT2D eigenvalue weighted by Gasteiger charge is 2.22. The van der Waals surface area contributed by atoms with Crippen molar-refractivity contribution in [2.75, 3.05) is 13.2 Å². The Kier molecular flexibility index (Phi) is 5.09. The lowest BCUT2D eigenvalue weighted by molar-refractivity contribution is -0.143. The highest BCUT2D eigenvalue weighted by atomic mass is 16.5. The van der Waals surface area contributed by atoms with Crippen molar-refractivity contribution in [1.29, 1.82) is 0 Å². The normalized spacial score (nSPS) is 10.6. The molecule has 6 nitrogen and oxygen atoms in total. The molecule has 0 bridgehead atoms. The molecule has 0 N–H and O–H groups in total. The molecule has 2 aromatic heterocycles. The van der Waals surface area contributed by atoms with Gasteiger partial charge in [-0.25, -0.2) is 4.52 Å². The van der Waals surface area contributed by atoms with Gasteiger partial charge in [0, 0.05) is 12.7 Å². The fraction of sp³-hybridized carbons (Fsp3) is 0.211. The summed E-state index contributed by atoms with van der Waals surface area (Å²) in [5.41, 5.74) is 2.10. The van der Waals surface area contributed by atoms with Crippen molar-refractivity contribution in [3.63, 3.8) is 0 Å². The molecule has 0 fully saturated rings. The number of benzene rings is 1. The molecule has 0 saturated carbocycles. The third-order valence-electron chi connectivity index (χ3n) is 3.79. The second kappa shape index (κ2) is 7.61. The SMILES string of the molecule is CCOC(=O)CN(Cc1ccccc1)C(=O)c1cnn2ccccc12. The number of pyridine rings is 1. The lowest BCUT2D eigenvalue weighted by Crippen LogP contribution is -2.36. The van der Waals surface area contributed by atoms with Crippen molar-refractivity contribution in [2.45, 2.75) is 13.5 Å². The predicted octanol–water partition coefficient (Wildman–Crippen LogP) is 2.54. The third kappa shape index (κ3) is 3.85. The van der Waals surface area contributed by atoms with Gasteiger partial charge in [-0.15, -0.1) is 0 Å². The smallest absolute Gasteiger partial charge is 0.325 e. The van der Waals surface area contributed by atoms with E-state index in [0.29, 0.717) is 17.6 Å². The van der Waals surface area contributed by atoms with E-state index < -0.39 is 5.97 Å².